The Kier molecular flexibility index (Phi) is 8.92. The number of nitrogens with zero attached hydrogens (tertiary/aromatic N) is 2. The predicted molar refractivity (Wildman–Crippen MR) is 172 cm³/mol. The molecule has 0 aliphatic carbocycles. The average molecular weight is 698 g/mol. The molecule has 0 saturated carbocycles. The van der Waals surface area contributed by atoms with Crippen molar-refractivity contribution < 1.29 is 41.8 Å². The highest BCUT2D eigenvalue weighted by Gasteiger charge is 2.57. The minimum Gasteiger partial charge on any atom is -0.497 e. The van der Waals surface area contributed by atoms with E-state index >= 15 is 0 Å². The molecule has 1 fully saturated rings. The number of carbonyl (C=O) groups excluding carboxylic acids is 4. The first kappa shape index (κ1) is 33.0. The maximum absolute atomic E-state index is 14.0. The van der Waals surface area contributed by atoms with Gasteiger partial charge in [0.25, 0.3) is 0 Å². The van der Waals surface area contributed by atoms with Gasteiger partial charge in [-0.1, -0.05) is 47.4 Å². The molecule has 4 aromatic rings. The molecule has 0 radical (unpaired) electrons. The molecule has 3 amide bonds. The molecule has 0 spiro atoms. The molecule has 1 saturated heterocycles. The number of thioether (sulfide) groups is 1. The van der Waals surface area contributed by atoms with Crippen LogP contribution in [0.25, 0.3) is 0 Å². The Bertz CT molecular complexity index is 1970. The van der Waals surface area contributed by atoms with Crippen LogP contribution < -0.4 is 19.8 Å². The smallest absolute Gasteiger partial charge is 0.418 e. The third-order valence-electron chi connectivity index (χ3n) is 7.96. The third-order valence-corrected chi connectivity index (χ3v) is 10.6. The highest BCUT2D eigenvalue weighted by atomic mass is 32.2. The first-order valence-electron chi connectivity index (χ1n) is 14.6. The fourth-order valence-corrected chi connectivity index (χ4v) is 8.59. The molecule has 2 aliphatic rings. The standard InChI is InChI=1S/C33H26F3N3O7S2/c1-3-46-31(43)18-8-12-19(13-9-18)37-23(40)16-38-30-27(48-32(38)44)24(17-10-14-20(45-2)15-11-17)25-26(47-30)29(42)39(28(25)41)22-7-5-4-6-21(22)33(34,35)36/h4-15,24-26H,3,16H2,1-2H3,(H,37,40). The number of aromatic nitrogens is 1. The normalized spacial score (nSPS) is 18.7. The molecule has 3 aromatic carbocycles. The van der Waals surface area contributed by atoms with Gasteiger partial charge in [0.05, 0.1) is 41.5 Å². The Morgan fingerprint density at radius 2 is 1.62 bits per heavy atom. The van der Waals surface area contributed by atoms with E-state index in [1.54, 1.807) is 31.2 Å². The first-order valence-corrected chi connectivity index (χ1v) is 16.3. The van der Waals surface area contributed by atoms with Gasteiger partial charge >= 0.3 is 17.0 Å². The monoisotopic (exact) mass is 697 g/mol. The van der Waals surface area contributed by atoms with Gasteiger partial charge in [-0.25, -0.2) is 9.69 Å². The molecular formula is C33H26F3N3O7S2. The van der Waals surface area contributed by atoms with Crippen molar-refractivity contribution in [2.75, 3.05) is 23.9 Å². The van der Waals surface area contributed by atoms with Crippen LogP contribution in [-0.4, -0.2) is 47.2 Å². The number of carbonyl (C=O) groups is 4. The summed E-state index contributed by atoms with van der Waals surface area (Å²) in [6.45, 7) is 1.43. The zero-order valence-corrected chi connectivity index (χ0v) is 26.9. The number of ether oxygens (including phenoxy) is 2. The number of halogens is 3. The summed E-state index contributed by atoms with van der Waals surface area (Å²) in [7, 11) is 1.47. The van der Waals surface area contributed by atoms with Crippen LogP contribution in [-0.2, 0) is 31.8 Å². The molecule has 3 heterocycles. The van der Waals surface area contributed by atoms with E-state index in [1.807, 2.05) is 0 Å². The molecule has 15 heteroatoms. The van der Waals surface area contributed by atoms with Crippen LogP contribution >= 0.6 is 23.1 Å². The number of rotatable bonds is 8. The summed E-state index contributed by atoms with van der Waals surface area (Å²) in [4.78, 5) is 67.0. The van der Waals surface area contributed by atoms with Crippen molar-refractivity contribution in [3.8, 4) is 5.75 Å². The van der Waals surface area contributed by atoms with Gasteiger partial charge in [-0.3, -0.25) is 23.7 Å². The number of amides is 3. The van der Waals surface area contributed by atoms with E-state index in [2.05, 4.69) is 5.32 Å². The van der Waals surface area contributed by atoms with Gasteiger partial charge in [-0.2, -0.15) is 13.2 Å². The maximum Gasteiger partial charge on any atom is 0.418 e. The second kappa shape index (κ2) is 13.0. The van der Waals surface area contributed by atoms with Crippen molar-refractivity contribution in [2.24, 2.45) is 5.92 Å². The molecule has 1 N–H and O–H groups in total. The van der Waals surface area contributed by atoms with E-state index in [4.69, 9.17) is 9.47 Å². The Balaban J connectivity index is 1.36. The second-order valence-corrected chi connectivity index (χ2v) is 12.9. The van der Waals surface area contributed by atoms with Gasteiger partial charge in [0, 0.05) is 16.5 Å². The summed E-state index contributed by atoms with van der Waals surface area (Å²) in [5, 5.41) is 1.76. The molecule has 3 unspecified atom stereocenters. The lowest BCUT2D eigenvalue weighted by atomic mass is 9.83. The van der Waals surface area contributed by atoms with Gasteiger partial charge in [0.2, 0.25) is 17.7 Å². The fourth-order valence-electron chi connectivity index (χ4n) is 5.82. The number of anilines is 2. The summed E-state index contributed by atoms with van der Waals surface area (Å²) in [6, 6.07) is 17.0. The second-order valence-electron chi connectivity index (χ2n) is 10.8. The largest absolute Gasteiger partial charge is 0.497 e. The van der Waals surface area contributed by atoms with Crippen molar-refractivity contribution in [1.29, 1.82) is 0 Å². The number of hydrogen-bond donors (Lipinski definition) is 1. The quantitative estimate of drug-likeness (QED) is 0.188. The highest BCUT2D eigenvalue weighted by molar-refractivity contribution is 8.00. The van der Waals surface area contributed by atoms with Crippen LogP contribution in [0.4, 0.5) is 24.5 Å². The van der Waals surface area contributed by atoms with Crippen LogP contribution in [0.5, 0.6) is 5.75 Å². The van der Waals surface area contributed by atoms with Crippen molar-refractivity contribution in [1.82, 2.24) is 4.57 Å². The van der Waals surface area contributed by atoms with Crippen molar-refractivity contribution >= 4 is 58.2 Å². The summed E-state index contributed by atoms with van der Waals surface area (Å²) < 4.78 is 53.4. The zero-order chi connectivity index (χ0) is 34.3. The molecule has 0 bridgehead atoms. The predicted octanol–water partition coefficient (Wildman–Crippen LogP) is 5.55. The number of thiazole rings is 1. The number of methoxy groups -OCH3 is 1. The lowest BCUT2D eigenvalue weighted by Crippen LogP contribution is -2.33. The molecule has 6 rings (SSSR count). The molecule has 10 nitrogen and oxygen atoms in total. The summed E-state index contributed by atoms with van der Waals surface area (Å²) in [5.74, 6) is -4.29. The molecular weight excluding hydrogens is 672 g/mol. The molecule has 1 aromatic heterocycles. The summed E-state index contributed by atoms with van der Waals surface area (Å²) >= 11 is 1.69. The maximum atomic E-state index is 14.0. The van der Waals surface area contributed by atoms with E-state index in [1.165, 1.54) is 48.1 Å². The molecule has 2 aliphatic heterocycles. The summed E-state index contributed by atoms with van der Waals surface area (Å²) in [6.07, 6.45) is -4.83. The molecule has 3 atom stereocenters. The SMILES string of the molecule is CCOC(=O)c1ccc(NC(=O)Cn2c3c(sc2=O)C(c2ccc(OC)cc2)C2C(=O)N(c4ccccc4C(F)(F)F)C(=O)C2S3)cc1. The number of alkyl halides is 3. The third kappa shape index (κ3) is 5.99. The Hall–Kier alpha value is -4.89. The Morgan fingerprint density at radius 1 is 0.938 bits per heavy atom. The van der Waals surface area contributed by atoms with Crippen LogP contribution in [0.3, 0.4) is 0 Å². The van der Waals surface area contributed by atoms with Gasteiger partial charge in [-0.05, 0) is 61.0 Å². The van der Waals surface area contributed by atoms with E-state index in [0.29, 0.717) is 26.8 Å². The van der Waals surface area contributed by atoms with E-state index < -0.39 is 69.6 Å². The number of esters is 1. The number of benzene rings is 3. The van der Waals surface area contributed by atoms with Crippen LogP contribution in [0.1, 0.15) is 39.2 Å². The number of nitrogens with one attached hydrogen (secondary N) is 1. The highest BCUT2D eigenvalue weighted by Crippen LogP contribution is 2.54. The zero-order valence-electron chi connectivity index (χ0n) is 25.3. The van der Waals surface area contributed by atoms with E-state index in [9.17, 15) is 37.1 Å². The lowest BCUT2D eigenvalue weighted by Gasteiger charge is -2.30. The number of hydrogen-bond acceptors (Lipinski definition) is 9. The Morgan fingerprint density at radius 3 is 2.27 bits per heavy atom. The molecule has 248 valence electrons. The van der Waals surface area contributed by atoms with Crippen molar-refractivity contribution in [3.63, 3.8) is 0 Å². The first-order chi connectivity index (χ1) is 22.9. The summed E-state index contributed by atoms with van der Waals surface area (Å²) in [5.41, 5.74) is -0.521. The van der Waals surface area contributed by atoms with Gasteiger partial charge in [-0.15, -0.1) is 0 Å². The van der Waals surface area contributed by atoms with Crippen molar-refractivity contribution in [3.05, 3.63) is 104 Å². The van der Waals surface area contributed by atoms with Gasteiger partial charge in [0.15, 0.2) is 0 Å². The van der Waals surface area contributed by atoms with Crippen LogP contribution in [0, 0.1) is 5.92 Å². The van der Waals surface area contributed by atoms with Crippen LogP contribution in [0.15, 0.2) is 82.6 Å². The van der Waals surface area contributed by atoms with E-state index in [0.717, 1.165) is 35.2 Å². The van der Waals surface area contributed by atoms with Gasteiger partial charge in [0.1, 0.15) is 17.5 Å². The lowest BCUT2D eigenvalue weighted by molar-refractivity contribution is -0.137. The number of para-hydroxylation sites is 1. The fraction of sp³-hybridized carbons (Fsp3) is 0.242. The number of fused-ring (bicyclic) bond motifs is 2. The van der Waals surface area contributed by atoms with Crippen molar-refractivity contribution in [2.45, 2.75) is 35.8 Å². The molecule has 48 heavy (non-hydrogen) atoms. The van der Waals surface area contributed by atoms with Gasteiger partial charge < -0.3 is 14.8 Å². The average Bonchev–Trinajstić information content (AvgIpc) is 3.50. The Labute approximate surface area is 279 Å². The minimum absolute atomic E-state index is 0.203. The van der Waals surface area contributed by atoms with E-state index in [-0.39, 0.29) is 17.2 Å². The topological polar surface area (TPSA) is 124 Å². The van der Waals surface area contributed by atoms with Crippen LogP contribution in [0.2, 0.25) is 0 Å². The number of imide groups is 1. The minimum atomic E-state index is -4.83.